The molecule has 0 saturated heterocycles. The van der Waals surface area contributed by atoms with Crippen LogP contribution < -0.4 is 4.90 Å². The van der Waals surface area contributed by atoms with Gasteiger partial charge in [0, 0.05) is 18.3 Å². The van der Waals surface area contributed by atoms with Gasteiger partial charge in [0.15, 0.2) is 0 Å². The average Bonchev–Trinajstić information content (AvgIpc) is 2.42. The highest BCUT2D eigenvalue weighted by Gasteiger charge is 2.18. The van der Waals surface area contributed by atoms with Gasteiger partial charge in [-0.3, -0.25) is 0 Å². The number of hydrogen-bond acceptors (Lipinski definition) is 3. The molecule has 4 heteroatoms. The van der Waals surface area contributed by atoms with Gasteiger partial charge in [-0.05, 0) is 32.0 Å². The van der Waals surface area contributed by atoms with Gasteiger partial charge >= 0.3 is 0 Å². The number of hydrogen-bond donors (Lipinski definition) is 1. The van der Waals surface area contributed by atoms with Gasteiger partial charge in [-0.2, -0.15) is 0 Å². The van der Waals surface area contributed by atoms with Crippen LogP contribution in [0.4, 0.5) is 15.9 Å². The Morgan fingerprint density at radius 1 is 1.26 bits per heavy atom. The molecule has 0 radical (unpaired) electrons. The first-order valence-corrected chi connectivity index (χ1v) is 6.30. The fraction of sp³-hybridized carbons (Fsp3) is 0.267. The first-order chi connectivity index (χ1) is 9.15. The van der Waals surface area contributed by atoms with Crippen LogP contribution in [0, 0.1) is 5.82 Å². The number of aromatic nitrogens is 1. The number of rotatable bonds is 4. The van der Waals surface area contributed by atoms with E-state index >= 15 is 0 Å². The first-order valence-electron chi connectivity index (χ1n) is 6.30. The highest BCUT2D eigenvalue weighted by atomic mass is 19.1. The normalized spacial score (nSPS) is 12.2. The smallest absolute Gasteiger partial charge is 0.146 e. The van der Waals surface area contributed by atoms with Crippen LogP contribution in [0.15, 0.2) is 42.6 Å². The number of benzene rings is 1. The van der Waals surface area contributed by atoms with Crippen molar-refractivity contribution < 1.29 is 9.50 Å². The Kier molecular flexibility index (Phi) is 4.12. The van der Waals surface area contributed by atoms with E-state index in [-0.39, 0.29) is 5.82 Å². The van der Waals surface area contributed by atoms with Crippen molar-refractivity contribution >= 4 is 11.5 Å². The second-order valence-electron chi connectivity index (χ2n) is 4.29. The second-order valence-corrected chi connectivity index (χ2v) is 4.29. The fourth-order valence-electron chi connectivity index (χ4n) is 2.07. The third kappa shape index (κ3) is 2.74. The van der Waals surface area contributed by atoms with Crippen molar-refractivity contribution in [2.24, 2.45) is 0 Å². The lowest BCUT2D eigenvalue weighted by molar-refractivity contribution is 0.199. The minimum Gasteiger partial charge on any atom is -0.389 e. The Balaban J connectivity index is 2.52. The molecule has 0 unspecified atom stereocenters. The van der Waals surface area contributed by atoms with Gasteiger partial charge in [-0.25, -0.2) is 9.37 Å². The third-order valence-electron chi connectivity index (χ3n) is 2.98. The maximum Gasteiger partial charge on any atom is 0.146 e. The summed E-state index contributed by atoms with van der Waals surface area (Å²) >= 11 is 0. The minimum absolute atomic E-state index is 0.299. The third-order valence-corrected chi connectivity index (χ3v) is 2.98. The standard InChI is InChI=1S/C15H17FN2O/c1-3-18(14-9-5-4-8-13(14)16)15-12(11(2)19)7-6-10-17-15/h4-11,19H,3H2,1-2H3/t11-/m0/s1. The molecule has 1 heterocycles. The van der Waals surface area contributed by atoms with Crippen LogP contribution in [0.2, 0.25) is 0 Å². The van der Waals surface area contributed by atoms with E-state index in [9.17, 15) is 9.50 Å². The lowest BCUT2D eigenvalue weighted by Gasteiger charge is -2.25. The van der Waals surface area contributed by atoms with Gasteiger partial charge in [-0.1, -0.05) is 18.2 Å². The van der Waals surface area contributed by atoms with E-state index in [1.165, 1.54) is 6.07 Å². The van der Waals surface area contributed by atoms with E-state index < -0.39 is 6.10 Å². The van der Waals surface area contributed by atoms with E-state index in [0.717, 1.165) is 0 Å². The van der Waals surface area contributed by atoms with Crippen molar-refractivity contribution in [3.63, 3.8) is 0 Å². The molecule has 1 aromatic carbocycles. The molecule has 1 N–H and O–H groups in total. The van der Waals surface area contributed by atoms with Crippen LogP contribution in [0.5, 0.6) is 0 Å². The number of aliphatic hydroxyl groups is 1. The minimum atomic E-state index is -0.649. The fourth-order valence-corrected chi connectivity index (χ4v) is 2.07. The van der Waals surface area contributed by atoms with Gasteiger partial charge in [0.05, 0.1) is 11.8 Å². The average molecular weight is 260 g/mol. The van der Waals surface area contributed by atoms with Gasteiger partial charge in [-0.15, -0.1) is 0 Å². The molecule has 0 aliphatic carbocycles. The summed E-state index contributed by atoms with van der Waals surface area (Å²) in [7, 11) is 0. The van der Waals surface area contributed by atoms with Crippen LogP contribution in [-0.4, -0.2) is 16.6 Å². The molecule has 1 atom stereocenters. The summed E-state index contributed by atoms with van der Waals surface area (Å²) in [6, 6.07) is 10.1. The predicted molar refractivity (Wildman–Crippen MR) is 74.0 cm³/mol. The monoisotopic (exact) mass is 260 g/mol. The molecule has 0 spiro atoms. The van der Waals surface area contributed by atoms with Gasteiger partial charge in [0.2, 0.25) is 0 Å². The molecule has 0 aliphatic rings. The van der Waals surface area contributed by atoms with E-state index in [4.69, 9.17) is 0 Å². The molecule has 0 bridgehead atoms. The maximum absolute atomic E-state index is 13.9. The molecule has 3 nitrogen and oxygen atoms in total. The molecule has 2 rings (SSSR count). The van der Waals surface area contributed by atoms with Crippen LogP contribution >= 0.6 is 0 Å². The number of anilines is 2. The van der Waals surface area contributed by atoms with Crippen molar-refractivity contribution in [2.45, 2.75) is 20.0 Å². The molecule has 0 saturated carbocycles. The van der Waals surface area contributed by atoms with E-state index in [2.05, 4.69) is 4.98 Å². The summed E-state index contributed by atoms with van der Waals surface area (Å²) in [5, 5.41) is 9.80. The molecule has 2 aromatic rings. The van der Waals surface area contributed by atoms with Crippen molar-refractivity contribution in [2.75, 3.05) is 11.4 Å². The van der Waals surface area contributed by atoms with Crippen LogP contribution in [-0.2, 0) is 0 Å². The Labute approximate surface area is 112 Å². The molecule has 0 aliphatic heterocycles. The topological polar surface area (TPSA) is 36.4 Å². The summed E-state index contributed by atoms with van der Waals surface area (Å²) < 4.78 is 13.9. The maximum atomic E-state index is 13.9. The van der Waals surface area contributed by atoms with E-state index in [0.29, 0.717) is 23.6 Å². The van der Waals surface area contributed by atoms with Gasteiger partial charge in [0.25, 0.3) is 0 Å². The van der Waals surface area contributed by atoms with Crippen molar-refractivity contribution in [1.29, 1.82) is 0 Å². The van der Waals surface area contributed by atoms with Crippen molar-refractivity contribution in [3.8, 4) is 0 Å². The highest BCUT2D eigenvalue weighted by molar-refractivity contribution is 5.63. The number of nitrogens with zero attached hydrogens (tertiary/aromatic N) is 2. The Morgan fingerprint density at radius 3 is 2.63 bits per heavy atom. The molecule has 19 heavy (non-hydrogen) atoms. The number of pyridine rings is 1. The number of para-hydroxylation sites is 1. The zero-order valence-corrected chi connectivity index (χ0v) is 11.0. The Hall–Kier alpha value is -1.94. The zero-order valence-electron chi connectivity index (χ0n) is 11.0. The SMILES string of the molecule is CCN(c1ccccc1F)c1ncccc1[C@H](C)O. The molecule has 100 valence electrons. The van der Waals surface area contributed by atoms with E-state index in [1.54, 1.807) is 48.4 Å². The van der Waals surface area contributed by atoms with Crippen molar-refractivity contribution in [3.05, 3.63) is 54.0 Å². The van der Waals surface area contributed by atoms with Crippen LogP contribution in [0.3, 0.4) is 0 Å². The summed E-state index contributed by atoms with van der Waals surface area (Å²) in [5.41, 5.74) is 1.15. The number of aliphatic hydroxyl groups excluding tert-OH is 1. The van der Waals surface area contributed by atoms with Gasteiger partial charge < -0.3 is 10.0 Å². The molecule has 0 fully saturated rings. The first kappa shape index (κ1) is 13.5. The highest BCUT2D eigenvalue weighted by Crippen LogP contribution is 2.31. The zero-order chi connectivity index (χ0) is 13.8. The van der Waals surface area contributed by atoms with Crippen molar-refractivity contribution in [1.82, 2.24) is 4.98 Å². The lowest BCUT2D eigenvalue weighted by Crippen LogP contribution is -2.20. The summed E-state index contributed by atoms with van der Waals surface area (Å²) in [6.45, 7) is 4.17. The van der Waals surface area contributed by atoms with Crippen LogP contribution in [0.1, 0.15) is 25.5 Å². The molecule has 1 aromatic heterocycles. The predicted octanol–water partition coefficient (Wildman–Crippen LogP) is 3.43. The summed E-state index contributed by atoms with van der Waals surface area (Å²) in [4.78, 5) is 6.05. The van der Waals surface area contributed by atoms with Gasteiger partial charge in [0.1, 0.15) is 11.6 Å². The summed E-state index contributed by atoms with van der Waals surface area (Å²) in [5.74, 6) is 0.289. The quantitative estimate of drug-likeness (QED) is 0.915. The van der Waals surface area contributed by atoms with Crippen LogP contribution in [0.25, 0.3) is 0 Å². The summed E-state index contributed by atoms with van der Waals surface area (Å²) in [6.07, 6.45) is 0.995. The molecular weight excluding hydrogens is 243 g/mol. The van der Waals surface area contributed by atoms with E-state index in [1.807, 2.05) is 6.92 Å². The Morgan fingerprint density at radius 2 is 2.00 bits per heavy atom. The molecule has 0 amide bonds. The lowest BCUT2D eigenvalue weighted by atomic mass is 10.1. The molecular formula is C15H17FN2O. The largest absolute Gasteiger partial charge is 0.389 e. The Bertz CT molecular complexity index is 557. The second kappa shape index (κ2) is 5.80. The number of halogens is 1.